The molecule has 3 N–H and O–H groups in total. The molecule has 212 valence electrons. The number of aliphatic hydroxyl groups is 1. The molecule has 1 aliphatic carbocycles. The molecule has 0 spiro atoms. The van der Waals surface area contributed by atoms with Gasteiger partial charge < -0.3 is 15.7 Å². The summed E-state index contributed by atoms with van der Waals surface area (Å²) in [6, 6.07) is 21.6. The van der Waals surface area contributed by atoms with Gasteiger partial charge in [-0.15, -0.1) is 5.10 Å². The second-order valence-electron chi connectivity index (χ2n) is 10.3. The highest BCUT2D eigenvalue weighted by Crippen LogP contribution is 2.40. The highest BCUT2D eigenvalue weighted by atomic mass is 35.5. The zero-order chi connectivity index (χ0) is 29.3. The number of hydrogen-bond acceptors (Lipinski definition) is 7. The van der Waals surface area contributed by atoms with Gasteiger partial charge >= 0.3 is 0 Å². The van der Waals surface area contributed by atoms with Gasteiger partial charge in [-0.25, -0.2) is 13.5 Å². The van der Waals surface area contributed by atoms with Crippen molar-refractivity contribution in [2.75, 3.05) is 17.2 Å². The number of nitrogens with one attached hydrogen (secondary N) is 2. The van der Waals surface area contributed by atoms with E-state index in [9.17, 15) is 10.4 Å². The molecule has 2 heterocycles. The van der Waals surface area contributed by atoms with Crippen molar-refractivity contribution in [1.82, 2.24) is 20.0 Å². The second kappa shape index (κ2) is 11.4. The van der Waals surface area contributed by atoms with Gasteiger partial charge in [0.25, 0.3) is 5.92 Å². The van der Waals surface area contributed by atoms with E-state index in [1.165, 1.54) is 18.3 Å². The number of benzene rings is 3. The molecule has 0 amide bonds. The summed E-state index contributed by atoms with van der Waals surface area (Å²) in [6.07, 6.45) is 5.35. The molecule has 0 saturated heterocycles. The maximum Gasteiger partial charge on any atom is 0.294 e. The Kier molecular flexibility index (Phi) is 7.45. The molecule has 2 atom stereocenters. The third kappa shape index (κ3) is 5.49. The van der Waals surface area contributed by atoms with E-state index in [2.05, 4.69) is 25.9 Å². The first-order chi connectivity index (χ1) is 20.4. The van der Waals surface area contributed by atoms with Gasteiger partial charge in [-0.2, -0.15) is 5.26 Å². The minimum absolute atomic E-state index is 0.0531. The van der Waals surface area contributed by atoms with E-state index in [0.29, 0.717) is 28.3 Å². The normalized spacial score (nSPS) is 14.7. The Balaban J connectivity index is 1.45. The number of nitriles is 1. The summed E-state index contributed by atoms with van der Waals surface area (Å²) in [5.74, 6) is -3.55. The summed E-state index contributed by atoms with van der Waals surface area (Å²) in [4.78, 5) is 4.36. The zero-order valence-corrected chi connectivity index (χ0v) is 23.0. The molecule has 1 fully saturated rings. The summed E-state index contributed by atoms with van der Waals surface area (Å²) >= 11 is 6.70. The van der Waals surface area contributed by atoms with Crippen molar-refractivity contribution in [2.24, 2.45) is 0 Å². The molecule has 0 radical (unpaired) electrons. The second-order valence-corrected chi connectivity index (χ2v) is 10.7. The van der Waals surface area contributed by atoms with Crippen LogP contribution < -0.4 is 10.6 Å². The van der Waals surface area contributed by atoms with Crippen LogP contribution in [-0.2, 0) is 0 Å². The summed E-state index contributed by atoms with van der Waals surface area (Å²) in [5.41, 5.74) is 2.96. The third-order valence-corrected chi connectivity index (χ3v) is 7.58. The van der Waals surface area contributed by atoms with Crippen molar-refractivity contribution in [3.8, 4) is 6.07 Å². The predicted octanol–water partition coefficient (Wildman–Crippen LogP) is 6.67. The summed E-state index contributed by atoms with van der Waals surface area (Å²) in [7, 11) is 0. The lowest BCUT2D eigenvalue weighted by Gasteiger charge is -2.28. The van der Waals surface area contributed by atoms with Crippen LogP contribution in [0, 0.1) is 11.3 Å². The van der Waals surface area contributed by atoms with Gasteiger partial charge in [-0.1, -0.05) is 77.5 Å². The molecule has 2 aromatic heterocycles. The minimum atomic E-state index is -3.55. The number of anilines is 2. The molecule has 11 heteroatoms. The Morgan fingerprint density at radius 1 is 1.05 bits per heavy atom. The Bertz CT molecular complexity index is 1750. The lowest BCUT2D eigenvalue weighted by atomic mass is 9.99. The highest BCUT2D eigenvalue weighted by Gasteiger charge is 2.41. The van der Waals surface area contributed by atoms with Gasteiger partial charge in [0, 0.05) is 17.3 Å². The number of alkyl halides is 2. The molecule has 1 aliphatic rings. The monoisotopic (exact) mass is 585 g/mol. The van der Waals surface area contributed by atoms with Crippen molar-refractivity contribution < 1.29 is 13.9 Å². The maximum absolute atomic E-state index is 15.1. The Hall–Kier alpha value is -4.59. The van der Waals surface area contributed by atoms with Crippen LogP contribution in [0.4, 0.5) is 20.2 Å². The van der Waals surface area contributed by atoms with Crippen LogP contribution in [-0.4, -0.2) is 37.6 Å². The standard InChI is InChI=1S/C31H26ClF2N7O/c32-25-14-22(37-28(19-7-3-1-4-8-19)26-17-41(40-39-26)23-11-12-23)13-24-27(21(15-35)16-36-29(24)25)38-30(31(33,34)18-42)20-9-5-2-6-10-20/h1-10,13-14,16-17,23,28,30,37,42H,11-12,18H2,(H,36,38)/t28-,30-/m0/s1. The molecule has 0 unspecified atom stereocenters. The van der Waals surface area contributed by atoms with Crippen LogP contribution in [0.15, 0.2) is 85.2 Å². The predicted molar refractivity (Wildman–Crippen MR) is 157 cm³/mol. The smallest absolute Gasteiger partial charge is 0.294 e. The van der Waals surface area contributed by atoms with E-state index in [1.807, 2.05) is 47.3 Å². The van der Waals surface area contributed by atoms with E-state index < -0.39 is 24.6 Å². The van der Waals surface area contributed by atoms with Gasteiger partial charge in [0.1, 0.15) is 24.4 Å². The zero-order valence-electron chi connectivity index (χ0n) is 22.3. The number of rotatable bonds is 10. The molecule has 0 aliphatic heterocycles. The first-order valence-electron chi connectivity index (χ1n) is 13.4. The fourth-order valence-electron chi connectivity index (χ4n) is 4.98. The van der Waals surface area contributed by atoms with Crippen molar-refractivity contribution >= 4 is 33.9 Å². The van der Waals surface area contributed by atoms with Crippen LogP contribution in [0.25, 0.3) is 10.9 Å². The fraction of sp³-hybridized carbons (Fsp3) is 0.226. The van der Waals surface area contributed by atoms with Gasteiger partial charge in [0.2, 0.25) is 0 Å². The van der Waals surface area contributed by atoms with Crippen molar-refractivity contribution in [2.45, 2.75) is 36.9 Å². The van der Waals surface area contributed by atoms with Crippen LogP contribution in [0.5, 0.6) is 0 Å². The van der Waals surface area contributed by atoms with E-state index in [-0.39, 0.29) is 21.8 Å². The van der Waals surface area contributed by atoms with Crippen LogP contribution in [0.2, 0.25) is 5.02 Å². The molecule has 5 aromatic rings. The van der Waals surface area contributed by atoms with Crippen molar-refractivity contribution in [3.05, 3.63) is 113 Å². The molecule has 3 aromatic carbocycles. The SMILES string of the molecule is N#Cc1cnc2c(Cl)cc(N[C@@H](c3ccccc3)c3cn(C4CC4)nn3)cc2c1N[C@@H](c1ccccc1)C(F)(F)CO. The topological polar surface area (TPSA) is 112 Å². The van der Waals surface area contributed by atoms with Crippen LogP contribution >= 0.6 is 11.6 Å². The number of fused-ring (bicyclic) bond motifs is 1. The molecular formula is C31H26ClF2N7O. The number of nitrogens with zero attached hydrogens (tertiary/aromatic N) is 5. The van der Waals surface area contributed by atoms with Crippen molar-refractivity contribution in [3.63, 3.8) is 0 Å². The van der Waals surface area contributed by atoms with Gasteiger partial charge in [-0.3, -0.25) is 4.98 Å². The summed E-state index contributed by atoms with van der Waals surface area (Å²) in [6.45, 7) is -1.39. The number of aliphatic hydroxyl groups excluding tert-OH is 1. The van der Waals surface area contributed by atoms with Gasteiger partial charge in [0.15, 0.2) is 0 Å². The lowest BCUT2D eigenvalue weighted by Crippen LogP contribution is -2.35. The number of pyridine rings is 1. The lowest BCUT2D eigenvalue weighted by molar-refractivity contribution is -0.0657. The molecule has 8 nitrogen and oxygen atoms in total. The number of hydrogen-bond donors (Lipinski definition) is 3. The summed E-state index contributed by atoms with van der Waals surface area (Å²) < 4.78 is 32.1. The fourth-order valence-corrected chi connectivity index (χ4v) is 5.25. The highest BCUT2D eigenvalue weighted by molar-refractivity contribution is 6.35. The Morgan fingerprint density at radius 2 is 1.74 bits per heavy atom. The van der Waals surface area contributed by atoms with Crippen molar-refractivity contribution in [1.29, 1.82) is 5.26 Å². The Labute approximate surface area is 245 Å². The molecule has 0 bridgehead atoms. The number of halogens is 3. The average molecular weight is 586 g/mol. The van der Waals surface area contributed by atoms with Crippen LogP contribution in [0.3, 0.4) is 0 Å². The average Bonchev–Trinajstić information content (AvgIpc) is 3.75. The first kappa shape index (κ1) is 27.6. The Morgan fingerprint density at radius 3 is 2.38 bits per heavy atom. The van der Waals surface area contributed by atoms with Gasteiger partial charge in [0.05, 0.1) is 40.1 Å². The first-order valence-corrected chi connectivity index (χ1v) is 13.8. The van der Waals surface area contributed by atoms with E-state index in [0.717, 1.165) is 18.4 Å². The molecular weight excluding hydrogens is 560 g/mol. The molecule has 1 saturated carbocycles. The van der Waals surface area contributed by atoms with Crippen LogP contribution in [0.1, 0.15) is 53.4 Å². The maximum atomic E-state index is 15.1. The molecule has 42 heavy (non-hydrogen) atoms. The quantitative estimate of drug-likeness (QED) is 0.168. The largest absolute Gasteiger partial charge is 0.390 e. The van der Waals surface area contributed by atoms with Gasteiger partial charge in [-0.05, 0) is 36.1 Å². The minimum Gasteiger partial charge on any atom is -0.390 e. The third-order valence-electron chi connectivity index (χ3n) is 7.29. The number of aromatic nitrogens is 4. The van der Waals surface area contributed by atoms with E-state index in [1.54, 1.807) is 30.3 Å². The molecule has 6 rings (SSSR count). The van der Waals surface area contributed by atoms with E-state index >= 15 is 8.78 Å². The van der Waals surface area contributed by atoms with E-state index in [4.69, 9.17) is 11.6 Å². The summed E-state index contributed by atoms with van der Waals surface area (Å²) in [5, 5.41) is 35.2.